The van der Waals surface area contributed by atoms with Crippen molar-refractivity contribution in [3.63, 3.8) is 0 Å². The van der Waals surface area contributed by atoms with E-state index in [9.17, 15) is 9.59 Å². The number of nitriles is 1. The summed E-state index contributed by atoms with van der Waals surface area (Å²) in [5.74, 6) is -0.427. The minimum atomic E-state index is -0.825. The van der Waals surface area contributed by atoms with E-state index in [1.54, 1.807) is 0 Å². The predicted molar refractivity (Wildman–Crippen MR) is 97.1 cm³/mol. The molecule has 6 heteroatoms. The van der Waals surface area contributed by atoms with E-state index in [1.807, 2.05) is 67.6 Å². The van der Waals surface area contributed by atoms with Gasteiger partial charge in [0.15, 0.2) is 0 Å². The molecule has 0 radical (unpaired) electrons. The fourth-order valence-corrected chi connectivity index (χ4v) is 2.33. The third kappa shape index (κ3) is 6.29. The standard InChI is InChI=1S/C20H21N3O3/c1-15-7-9-16(10-8-15)13-18(19(24)22-12-11-21)23-20(25)26-14-17-5-3-2-4-6-17/h2-10,18H,12-14H2,1H3,(H,22,24)(H,23,25)/t18-/m0/s1. The number of carbonyl (C=O) groups is 2. The summed E-state index contributed by atoms with van der Waals surface area (Å²) in [6, 6.07) is 18.0. The van der Waals surface area contributed by atoms with Crippen molar-refractivity contribution >= 4 is 12.0 Å². The summed E-state index contributed by atoms with van der Waals surface area (Å²) in [5.41, 5.74) is 2.86. The first kappa shape index (κ1) is 19.0. The van der Waals surface area contributed by atoms with Gasteiger partial charge in [-0.3, -0.25) is 4.79 Å². The van der Waals surface area contributed by atoms with Crippen LogP contribution in [-0.2, 0) is 22.6 Å². The molecule has 2 N–H and O–H groups in total. The van der Waals surface area contributed by atoms with Gasteiger partial charge in [-0.25, -0.2) is 4.79 Å². The highest BCUT2D eigenvalue weighted by Crippen LogP contribution is 2.07. The lowest BCUT2D eigenvalue weighted by molar-refractivity contribution is -0.122. The van der Waals surface area contributed by atoms with Crippen LogP contribution < -0.4 is 10.6 Å². The van der Waals surface area contributed by atoms with Gasteiger partial charge >= 0.3 is 6.09 Å². The Labute approximate surface area is 152 Å². The summed E-state index contributed by atoms with van der Waals surface area (Å²) in [4.78, 5) is 24.3. The van der Waals surface area contributed by atoms with Crippen molar-refractivity contribution in [1.82, 2.24) is 10.6 Å². The Morgan fingerprint density at radius 2 is 1.77 bits per heavy atom. The molecule has 0 fully saturated rings. The lowest BCUT2D eigenvalue weighted by Crippen LogP contribution is -2.48. The van der Waals surface area contributed by atoms with Gasteiger partial charge in [0.05, 0.1) is 6.07 Å². The summed E-state index contributed by atoms with van der Waals surface area (Å²) in [7, 11) is 0. The number of amides is 2. The molecule has 2 aromatic rings. The molecule has 0 aliphatic rings. The van der Waals surface area contributed by atoms with E-state index in [1.165, 1.54) is 0 Å². The van der Waals surface area contributed by atoms with Gasteiger partial charge in [0.1, 0.15) is 19.2 Å². The second-order valence-electron chi connectivity index (χ2n) is 5.82. The Balaban J connectivity index is 1.97. The highest BCUT2D eigenvalue weighted by Gasteiger charge is 2.21. The Bertz CT molecular complexity index is 767. The first-order valence-electron chi connectivity index (χ1n) is 8.26. The second-order valence-corrected chi connectivity index (χ2v) is 5.82. The van der Waals surface area contributed by atoms with Crippen LogP contribution in [-0.4, -0.2) is 24.6 Å². The molecule has 1 atom stereocenters. The molecular formula is C20H21N3O3. The molecule has 2 rings (SSSR count). The number of rotatable bonds is 7. The molecule has 0 unspecified atom stereocenters. The van der Waals surface area contributed by atoms with Gasteiger partial charge in [-0.1, -0.05) is 60.2 Å². The minimum Gasteiger partial charge on any atom is -0.445 e. The minimum absolute atomic E-state index is 0.115. The number of hydrogen-bond donors (Lipinski definition) is 2. The molecule has 2 amide bonds. The van der Waals surface area contributed by atoms with Crippen molar-refractivity contribution in [1.29, 1.82) is 5.26 Å². The molecule has 0 aliphatic carbocycles. The van der Waals surface area contributed by atoms with E-state index in [0.717, 1.165) is 16.7 Å². The smallest absolute Gasteiger partial charge is 0.408 e. The van der Waals surface area contributed by atoms with E-state index in [0.29, 0.717) is 6.42 Å². The molecule has 0 bridgehead atoms. The van der Waals surface area contributed by atoms with Gasteiger partial charge in [0, 0.05) is 6.42 Å². The molecule has 0 heterocycles. The van der Waals surface area contributed by atoms with E-state index in [2.05, 4.69) is 10.6 Å². The largest absolute Gasteiger partial charge is 0.445 e. The van der Waals surface area contributed by atoms with Crippen LogP contribution in [0.5, 0.6) is 0 Å². The quantitative estimate of drug-likeness (QED) is 0.750. The van der Waals surface area contributed by atoms with Crippen molar-refractivity contribution in [3.05, 3.63) is 71.3 Å². The van der Waals surface area contributed by atoms with E-state index >= 15 is 0 Å². The molecule has 0 aliphatic heterocycles. The number of alkyl carbamates (subject to hydrolysis) is 1. The fraction of sp³-hybridized carbons (Fsp3) is 0.250. The molecule has 0 saturated heterocycles. The van der Waals surface area contributed by atoms with Gasteiger partial charge in [0.2, 0.25) is 5.91 Å². The maximum Gasteiger partial charge on any atom is 0.408 e. The van der Waals surface area contributed by atoms with Crippen LogP contribution in [0.15, 0.2) is 54.6 Å². The summed E-state index contributed by atoms with van der Waals surface area (Å²) in [6.45, 7) is 1.97. The number of aryl methyl sites for hydroxylation is 1. The number of hydrogen-bond acceptors (Lipinski definition) is 4. The Hall–Kier alpha value is -3.33. The number of benzene rings is 2. The summed E-state index contributed by atoms with van der Waals surface area (Å²) in [5, 5.41) is 13.7. The second kappa shape index (κ2) is 9.84. The van der Waals surface area contributed by atoms with E-state index in [4.69, 9.17) is 10.00 Å². The molecule has 0 spiro atoms. The maximum atomic E-state index is 12.3. The highest BCUT2D eigenvalue weighted by atomic mass is 16.5. The first-order chi connectivity index (χ1) is 12.6. The molecule has 0 saturated carbocycles. The van der Waals surface area contributed by atoms with Gasteiger partial charge in [-0.05, 0) is 18.1 Å². The van der Waals surface area contributed by atoms with Crippen LogP contribution in [0, 0.1) is 18.3 Å². The van der Waals surface area contributed by atoms with Crippen LogP contribution in [0.1, 0.15) is 16.7 Å². The van der Waals surface area contributed by atoms with Crippen LogP contribution in [0.25, 0.3) is 0 Å². The molecule has 2 aromatic carbocycles. The molecular weight excluding hydrogens is 330 g/mol. The number of nitrogens with one attached hydrogen (secondary N) is 2. The summed E-state index contributed by atoms with van der Waals surface area (Å²) < 4.78 is 5.17. The average molecular weight is 351 g/mol. The summed E-state index contributed by atoms with van der Waals surface area (Å²) in [6.07, 6.45) is -0.379. The average Bonchev–Trinajstić information content (AvgIpc) is 2.66. The molecule has 134 valence electrons. The van der Waals surface area contributed by atoms with Crippen molar-refractivity contribution < 1.29 is 14.3 Å². The Morgan fingerprint density at radius 3 is 2.42 bits per heavy atom. The van der Waals surface area contributed by atoms with Crippen molar-refractivity contribution in [2.24, 2.45) is 0 Å². The van der Waals surface area contributed by atoms with Crippen LogP contribution >= 0.6 is 0 Å². The zero-order valence-corrected chi connectivity index (χ0v) is 14.6. The van der Waals surface area contributed by atoms with Crippen molar-refractivity contribution in [3.8, 4) is 6.07 Å². The van der Waals surface area contributed by atoms with Crippen LogP contribution in [0.4, 0.5) is 4.79 Å². The molecule has 6 nitrogen and oxygen atoms in total. The Morgan fingerprint density at radius 1 is 1.08 bits per heavy atom. The number of ether oxygens (including phenoxy) is 1. The number of carbonyl (C=O) groups excluding carboxylic acids is 2. The van der Waals surface area contributed by atoms with Crippen LogP contribution in [0.3, 0.4) is 0 Å². The maximum absolute atomic E-state index is 12.3. The molecule has 26 heavy (non-hydrogen) atoms. The predicted octanol–water partition coefficient (Wildman–Crippen LogP) is 2.47. The highest BCUT2D eigenvalue weighted by molar-refractivity contribution is 5.86. The lowest BCUT2D eigenvalue weighted by Gasteiger charge is -2.18. The normalized spacial score (nSPS) is 11.1. The van der Waals surface area contributed by atoms with E-state index in [-0.39, 0.29) is 13.2 Å². The third-order valence-electron chi connectivity index (χ3n) is 3.72. The van der Waals surface area contributed by atoms with E-state index < -0.39 is 18.0 Å². The van der Waals surface area contributed by atoms with Crippen LogP contribution in [0.2, 0.25) is 0 Å². The van der Waals surface area contributed by atoms with Crippen molar-refractivity contribution in [2.75, 3.05) is 6.54 Å². The number of nitrogens with zero attached hydrogens (tertiary/aromatic N) is 1. The zero-order chi connectivity index (χ0) is 18.8. The van der Waals surface area contributed by atoms with Gasteiger partial charge in [-0.15, -0.1) is 0 Å². The third-order valence-corrected chi connectivity index (χ3v) is 3.72. The first-order valence-corrected chi connectivity index (χ1v) is 8.26. The fourth-order valence-electron chi connectivity index (χ4n) is 2.33. The topological polar surface area (TPSA) is 91.2 Å². The Kier molecular flexibility index (Phi) is 7.19. The lowest BCUT2D eigenvalue weighted by atomic mass is 10.0. The zero-order valence-electron chi connectivity index (χ0n) is 14.6. The van der Waals surface area contributed by atoms with Gasteiger partial charge in [-0.2, -0.15) is 5.26 Å². The summed E-state index contributed by atoms with van der Waals surface area (Å²) >= 11 is 0. The molecule has 0 aromatic heterocycles. The van der Waals surface area contributed by atoms with Gasteiger partial charge < -0.3 is 15.4 Å². The SMILES string of the molecule is Cc1ccc(C[C@H](NC(=O)OCc2ccccc2)C(=O)NCC#N)cc1. The van der Waals surface area contributed by atoms with Crippen molar-refractivity contribution in [2.45, 2.75) is 26.0 Å². The monoisotopic (exact) mass is 351 g/mol. The van der Waals surface area contributed by atoms with Gasteiger partial charge in [0.25, 0.3) is 0 Å².